The third kappa shape index (κ3) is 2.79. The minimum atomic E-state index is -3.39. The molecule has 2 rings (SSSR count). The number of likely N-dealkylation sites (N-methyl/N-ethyl adjacent to an activating group) is 1. The van der Waals surface area contributed by atoms with E-state index in [1.54, 1.807) is 14.0 Å². The molecular weight excluding hydrogens is 288 g/mol. The van der Waals surface area contributed by atoms with E-state index >= 15 is 0 Å². The molecular formula is C15H18N2O3S. The first-order valence-corrected chi connectivity index (χ1v) is 8.59. The Labute approximate surface area is 125 Å². The van der Waals surface area contributed by atoms with Gasteiger partial charge in [-0.05, 0) is 25.0 Å². The van der Waals surface area contributed by atoms with Crippen molar-refractivity contribution in [2.24, 2.45) is 0 Å². The van der Waals surface area contributed by atoms with E-state index in [1.807, 2.05) is 30.3 Å². The minimum absolute atomic E-state index is 0.0602. The maximum absolute atomic E-state index is 12.5. The van der Waals surface area contributed by atoms with Gasteiger partial charge in [0, 0.05) is 19.2 Å². The fraction of sp³-hybridized carbons (Fsp3) is 0.467. The molecule has 0 bridgehead atoms. The molecule has 21 heavy (non-hydrogen) atoms. The molecule has 1 heterocycles. The van der Waals surface area contributed by atoms with Crippen LogP contribution in [0.4, 0.5) is 5.69 Å². The lowest BCUT2D eigenvalue weighted by molar-refractivity contribution is -0.121. The number of para-hydroxylation sites is 1. The number of carbonyl (C=O) groups excluding carboxylic acids is 1. The van der Waals surface area contributed by atoms with Crippen molar-refractivity contribution in [3.05, 3.63) is 29.8 Å². The summed E-state index contributed by atoms with van der Waals surface area (Å²) in [5.41, 5.74) is 0.468. The molecule has 0 spiro atoms. The highest BCUT2D eigenvalue weighted by Crippen LogP contribution is 2.41. The fourth-order valence-corrected chi connectivity index (χ4v) is 4.74. The summed E-state index contributed by atoms with van der Waals surface area (Å²) >= 11 is 0. The van der Waals surface area contributed by atoms with Gasteiger partial charge in [0.25, 0.3) is 0 Å². The first-order valence-electron chi connectivity index (χ1n) is 6.77. The number of unbranched alkanes of at least 4 members (excludes halogenated alkanes) is 1. The summed E-state index contributed by atoms with van der Waals surface area (Å²) in [6, 6.07) is 9.20. The van der Waals surface area contributed by atoms with E-state index < -0.39 is 15.3 Å². The minimum Gasteiger partial charge on any atom is -0.314 e. The summed E-state index contributed by atoms with van der Waals surface area (Å²) in [7, 11) is -1.73. The van der Waals surface area contributed by atoms with Gasteiger partial charge in [-0.2, -0.15) is 5.26 Å². The largest absolute Gasteiger partial charge is 0.314 e. The van der Waals surface area contributed by atoms with E-state index in [0.29, 0.717) is 6.42 Å². The van der Waals surface area contributed by atoms with Gasteiger partial charge in [-0.1, -0.05) is 18.2 Å². The number of hydrogen-bond donors (Lipinski definition) is 0. The Balaban J connectivity index is 2.31. The lowest BCUT2D eigenvalue weighted by Crippen LogP contribution is -2.42. The van der Waals surface area contributed by atoms with Gasteiger partial charge in [0.2, 0.25) is 5.91 Å². The lowest BCUT2D eigenvalue weighted by Gasteiger charge is -2.23. The lowest BCUT2D eigenvalue weighted by atomic mass is 9.86. The predicted molar refractivity (Wildman–Crippen MR) is 80.7 cm³/mol. The molecule has 0 unspecified atom stereocenters. The van der Waals surface area contributed by atoms with Gasteiger partial charge < -0.3 is 4.90 Å². The van der Waals surface area contributed by atoms with Crippen LogP contribution in [0.5, 0.6) is 0 Å². The van der Waals surface area contributed by atoms with Crippen LogP contribution >= 0.6 is 0 Å². The van der Waals surface area contributed by atoms with E-state index in [1.165, 1.54) is 4.90 Å². The number of hydrogen-bond acceptors (Lipinski definition) is 4. The highest BCUT2D eigenvalue weighted by atomic mass is 32.2. The van der Waals surface area contributed by atoms with Crippen LogP contribution in [-0.2, 0) is 20.0 Å². The van der Waals surface area contributed by atoms with Gasteiger partial charge in [0.05, 0.1) is 23.0 Å². The van der Waals surface area contributed by atoms with Crippen LogP contribution in [-0.4, -0.2) is 32.9 Å². The highest BCUT2D eigenvalue weighted by Gasteiger charge is 2.48. The summed E-state index contributed by atoms with van der Waals surface area (Å²) in [5, 5.41) is 8.50. The van der Waals surface area contributed by atoms with E-state index in [0.717, 1.165) is 11.3 Å². The van der Waals surface area contributed by atoms with Crippen LogP contribution in [0.25, 0.3) is 0 Å². The first kappa shape index (κ1) is 15.5. The Kier molecular flexibility index (Phi) is 4.06. The van der Waals surface area contributed by atoms with Gasteiger partial charge in [-0.25, -0.2) is 8.42 Å². The van der Waals surface area contributed by atoms with E-state index in [-0.39, 0.29) is 23.8 Å². The number of benzene rings is 1. The van der Waals surface area contributed by atoms with Crippen LogP contribution in [0, 0.1) is 11.3 Å². The molecule has 0 aromatic heterocycles. The summed E-state index contributed by atoms with van der Waals surface area (Å²) < 4.78 is 24.5. The predicted octanol–water partition coefficient (Wildman–Crippen LogP) is 1.64. The summed E-state index contributed by atoms with van der Waals surface area (Å²) in [6.07, 6.45) is 0.515. The Morgan fingerprint density at radius 2 is 2.00 bits per heavy atom. The van der Waals surface area contributed by atoms with Gasteiger partial charge in [0.15, 0.2) is 9.84 Å². The molecule has 1 amide bonds. The smallest absolute Gasteiger partial charge is 0.238 e. The van der Waals surface area contributed by atoms with Gasteiger partial charge in [0.1, 0.15) is 0 Å². The Morgan fingerprint density at radius 3 is 2.67 bits per heavy atom. The van der Waals surface area contributed by atoms with Gasteiger partial charge in [-0.3, -0.25) is 4.79 Å². The first-order chi connectivity index (χ1) is 9.82. The van der Waals surface area contributed by atoms with Crippen molar-refractivity contribution < 1.29 is 13.2 Å². The van der Waals surface area contributed by atoms with Crippen LogP contribution in [0.2, 0.25) is 0 Å². The zero-order chi connectivity index (χ0) is 15.7. The molecule has 1 aromatic carbocycles. The molecule has 1 aromatic rings. The quantitative estimate of drug-likeness (QED) is 0.775. The summed E-state index contributed by atoms with van der Waals surface area (Å²) in [5.74, 6) is -0.478. The Morgan fingerprint density at radius 1 is 1.33 bits per heavy atom. The average molecular weight is 306 g/mol. The van der Waals surface area contributed by atoms with Gasteiger partial charge in [-0.15, -0.1) is 0 Å². The molecule has 0 saturated heterocycles. The number of sulfone groups is 1. The molecule has 0 fully saturated rings. The number of carbonyl (C=O) groups is 1. The molecule has 0 aliphatic carbocycles. The molecule has 6 heteroatoms. The van der Waals surface area contributed by atoms with E-state index in [2.05, 4.69) is 0 Å². The van der Waals surface area contributed by atoms with Crippen molar-refractivity contribution in [1.29, 1.82) is 5.26 Å². The molecule has 112 valence electrons. The second-order valence-electron chi connectivity index (χ2n) is 5.57. The maximum atomic E-state index is 12.5. The zero-order valence-electron chi connectivity index (χ0n) is 12.2. The second kappa shape index (κ2) is 5.49. The zero-order valence-corrected chi connectivity index (χ0v) is 13.0. The number of rotatable bonds is 5. The van der Waals surface area contributed by atoms with Crippen LogP contribution in [0.15, 0.2) is 24.3 Å². The molecule has 5 nitrogen and oxygen atoms in total. The highest BCUT2D eigenvalue weighted by molar-refractivity contribution is 7.91. The summed E-state index contributed by atoms with van der Waals surface area (Å²) in [4.78, 5) is 14.0. The second-order valence-corrected chi connectivity index (χ2v) is 7.75. The number of nitriles is 1. The topological polar surface area (TPSA) is 78.2 Å². The number of fused-ring (bicyclic) bond motifs is 1. The number of anilines is 1. The van der Waals surface area contributed by atoms with Crippen molar-refractivity contribution in [3.63, 3.8) is 0 Å². The van der Waals surface area contributed by atoms with Crippen molar-refractivity contribution in [3.8, 4) is 6.07 Å². The molecule has 0 N–H and O–H groups in total. The number of nitrogens with zero attached hydrogens (tertiary/aromatic N) is 2. The maximum Gasteiger partial charge on any atom is 0.238 e. The fourth-order valence-electron chi connectivity index (χ4n) is 2.85. The van der Waals surface area contributed by atoms with Crippen LogP contribution in [0.1, 0.15) is 25.3 Å². The molecule has 1 atom stereocenters. The molecule has 1 aliphatic heterocycles. The Bertz CT molecular complexity index is 706. The van der Waals surface area contributed by atoms with E-state index in [4.69, 9.17) is 5.26 Å². The SMILES string of the molecule is CN1C(=O)[C@](C)(CS(=O)(=O)CCCC#N)c2ccccc21. The average Bonchev–Trinajstić information content (AvgIpc) is 2.61. The molecule has 0 radical (unpaired) electrons. The van der Waals surface area contributed by atoms with Crippen molar-refractivity contribution in [2.75, 3.05) is 23.5 Å². The summed E-state index contributed by atoms with van der Waals surface area (Å²) in [6.45, 7) is 1.68. The monoisotopic (exact) mass is 306 g/mol. The van der Waals surface area contributed by atoms with Crippen molar-refractivity contribution >= 4 is 21.4 Å². The van der Waals surface area contributed by atoms with Crippen LogP contribution < -0.4 is 4.90 Å². The van der Waals surface area contributed by atoms with Gasteiger partial charge >= 0.3 is 0 Å². The van der Waals surface area contributed by atoms with Crippen LogP contribution in [0.3, 0.4) is 0 Å². The van der Waals surface area contributed by atoms with E-state index in [9.17, 15) is 13.2 Å². The standard InChI is InChI=1S/C15H18N2O3S/c1-15(11-21(19,20)10-6-5-9-16)12-7-3-4-8-13(12)17(2)14(15)18/h3-4,7-8H,5-6,10-11H2,1-2H3/t15-/m1/s1. The van der Waals surface area contributed by atoms with Crippen molar-refractivity contribution in [1.82, 2.24) is 0 Å². The third-order valence-electron chi connectivity index (χ3n) is 3.89. The normalized spacial score (nSPS) is 21.2. The molecule has 1 aliphatic rings. The number of amides is 1. The third-order valence-corrected chi connectivity index (χ3v) is 5.82. The molecule has 0 saturated carbocycles. The Hall–Kier alpha value is -1.87. The van der Waals surface area contributed by atoms with Crippen molar-refractivity contribution in [2.45, 2.75) is 25.2 Å².